The first-order valence-corrected chi connectivity index (χ1v) is 10.2. The molecule has 0 saturated carbocycles. The molecule has 0 spiro atoms. The van der Waals surface area contributed by atoms with Crippen LogP contribution in [0.4, 0.5) is 0 Å². The number of aromatic nitrogens is 1. The molecule has 1 atom stereocenters. The zero-order valence-electron chi connectivity index (χ0n) is 12.8. The molecule has 1 aromatic carbocycles. The van der Waals surface area contributed by atoms with E-state index in [2.05, 4.69) is 16.4 Å². The Morgan fingerprint density at radius 3 is 2.74 bits per heavy atom. The Labute approximate surface area is 140 Å². The van der Waals surface area contributed by atoms with Crippen LogP contribution in [0.25, 0.3) is 10.2 Å². The molecule has 0 aliphatic carbocycles. The molecule has 1 N–H and O–H groups in total. The van der Waals surface area contributed by atoms with Crippen LogP contribution in [0.1, 0.15) is 17.2 Å². The number of sulfone groups is 1. The Balaban J connectivity index is 1.77. The average Bonchev–Trinajstić information content (AvgIpc) is 2.99. The van der Waals surface area contributed by atoms with Crippen molar-refractivity contribution in [2.45, 2.75) is 12.6 Å². The molecule has 1 unspecified atom stereocenters. The van der Waals surface area contributed by atoms with E-state index in [1.807, 2.05) is 48.0 Å². The highest BCUT2D eigenvalue weighted by Crippen LogP contribution is 2.20. The van der Waals surface area contributed by atoms with Gasteiger partial charge in [0.1, 0.15) is 9.84 Å². The third-order valence-corrected chi connectivity index (χ3v) is 5.38. The summed E-state index contributed by atoms with van der Waals surface area (Å²) in [7, 11) is -3.08. The molecule has 2 aromatic heterocycles. The third-order valence-electron chi connectivity index (χ3n) is 3.58. The van der Waals surface area contributed by atoms with Crippen molar-refractivity contribution >= 4 is 31.4 Å². The fourth-order valence-corrected chi connectivity index (χ4v) is 4.21. The summed E-state index contributed by atoms with van der Waals surface area (Å²) < 4.78 is 24.6. The number of rotatable bonds is 6. The second kappa shape index (κ2) is 6.78. The minimum absolute atomic E-state index is 0.0751. The van der Waals surface area contributed by atoms with E-state index in [9.17, 15) is 8.42 Å². The second-order valence-electron chi connectivity index (χ2n) is 5.58. The van der Waals surface area contributed by atoms with E-state index in [1.165, 1.54) is 6.26 Å². The Hall–Kier alpha value is -1.76. The summed E-state index contributed by atoms with van der Waals surface area (Å²) >= 11 is 1.66. The maximum Gasteiger partial charge on any atom is 0.149 e. The molecule has 0 fully saturated rings. The first kappa shape index (κ1) is 16.1. The molecular formula is C17H18N2O2S2. The summed E-state index contributed by atoms with van der Waals surface area (Å²) in [6.45, 7) is 0.579. The maximum atomic E-state index is 11.7. The highest BCUT2D eigenvalue weighted by molar-refractivity contribution is 7.90. The first-order chi connectivity index (χ1) is 11.0. The molecule has 0 saturated heterocycles. The molecule has 0 radical (unpaired) electrons. The van der Waals surface area contributed by atoms with Gasteiger partial charge in [0, 0.05) is 25.0 Å². The van der Waals surface area contributed by atoms with E-state index in [-0.39, 0.29) is 11.8 Å². The lowest BCUT2D eigenvalue weighted by molar-refractivity contribution is 0.550. The standard InChI is InChI=1S/C17H18N2O2S2/c1-23(20,21)12-16(14-5-3-2-4-6-14)19-11-13-9-17-15(18-10-13)7-8-22-17/h2-10,16,19H,11-12H2,1H3. The van der Waals surface area contributed by atoms with Crippen LogP contribution >= 0.6 is 11.3 Å². The summed E-state index contributed by atoms with van der Waals surface area (Å²) in [6, 6.07) is 13.5. The van der Waals surface area contributed by atoms with Crippen molar-refractivity contribution in [1.29, 1.82) is 0 Å². The second-order valence-corrected chi connectivity index (χ2v) is 8.72. The minimum Gasteiger partial charge on any atom is -0.305 e. The Kier molecular flexibility index (Phi) is 4.75. The molecule has 0 amide bonds. The van der Waals surface area contributed by atoms with Crippen molar-refractivity contribution in [3.8, 4) is 0 Å². The van der Waals surface area contributed by atoms with Crippen molar-refractivity contribution < 1.29 is 8.42 Å². The number of fused-ring (bicyclic) bond motifs is 1. The SMILES string of the molecule is CS(=O)(=O)CC(NCc1cnc2ccsc2c1)c1ccccc1. The summed E-state index contributed by atoms with van der Waals surface area (Å²) in [6.07, 6.45) is 3.11. The molecule has 4 nitrogen and oxygen atoms in total. The van der Waals surface area contributed by atoms with Gasteiger partial charge in [-0.05, 0) is 28.6 Å². The molecule has 3 rings (SSSR count). The lowest BCUT2D eigenvalue weighted by Gasteiger charge is -2.18. The number of benzene rings is 1. The Morgan fingerprint density at radius 2 is 2.00 bits per heavy atom. The van der Waals surface area contributed by atoms with E-state index in [1.54, 1.807) is 11.3 Å². The number of nitrogens with one attached hydrogen (secondary N) is 1. The zero-order valence-corrected chi connectivity index (χ0v) is 14.4. The summed E-state index contributed by atoms with van der Waals surface area (Å²) in [5.41, 5.74) is 3.02. The van der Waals surface area contributed by atoms with Gasteiger partial charge in [-0.2, -0.15) is 0 Å². The van der Waals surface area contributed by atoms with Crippen LogP contribution < -0.4 is 5.32 Å². The number of thiophene rings is 1. The number of nitrogens with zero attached hydrogens (tertiary/aromatic N) is 1. The van der Waals surface area contributed by atoms with Gasteiger partial charge in [0.15, 0.2) is 0 Å². The summed E-state index contributed by atoms with van der Waals surface area (Å²) in [4.78, 5) is 4.42. The largest absolute Gasteiger partial charge is 0.305 e. The molecular weight excluding hydrogens is 328 g/mol. The number of pyridine rings is 1. The topological polar surface area (TPSA) is 59.1 Å². The lowest BCUT2D eigenvalue weighted by atomic mass is 10.1. The fraction of sp³-hybridized carbons (Fsp3) is 0.235. The molecule has 0 bridgehead atoms. The molecule has 2 heterocycles. The highest BCUT2D eigenvalue weighted by atomic mass is 32.2. The van der Waals surface area contributed by atoms with Crippen LogP contribution in [0.2, 0.25) is 0 Å². The Bertz CT molecular complexity index is 889. The van der Waals surface area contributed by atoms with E-state index in [0.29, 0.717) is 6.54 Å². The quantitative estimate of drug-likeness (QED) is 0.745. The van der Waals surface area contributed by atoms with Gasteiger partial charge in [-0.25, -0.2) is 8.42 Å². The summed E-state index contributed by atoms with van der Waals surface area (Å²) in [5, 5.41) is 5.37. The van der Waals surface area contributed by atoms with E-state index >= 15 is 0 Å². The van der Waals surface area contributed by atoms with Crippen LogP contribution in [0.3, 0.4) is 0 Å². The number of hydrogen-bond acceptors (Lipinski definition) is 5. The van der Waals surface area contributed by atoms with Gasteiger partial charge in [0.25, 0.3) is 0 Å². The van der Waals surface area contributed by atoms with E-state index < -0.39 is 9.84 Å². The predicted octanol–water partition coefficient (Wildman–Crippen LogP) is 3.17. The normalized spacial score (nSPS) is 13.3. The fourth-order valence-electron chi connectivity index (χ4n) is 2.49. The minimum atomic E-state index is -3.08. The van der Waals surface area contributed by atoms with E-state index in [4.69, 9.17) is 0 Å². The van der Waals surface area contributed by atoms with Crippen molar-refractivity contribution in [2.75, 3.05) is 12.0 Å². The van der Waals surface area contributed by atoms with Gasteiger partial charge < -0.3 is 5.32 Å². The Morgan fingerprint density at radius 1 is 1.22 bits per heavy atom. The van der Waals surface area contributed by atoms with Crippen LogP contribution in [0.5, 0.6) is 0 Å². The number of hydrogen-bond donors (Lipinski definition) is 1. The van der Waals surface area contributed by atoms with Gasteiger partial charge in [-0.3, -0.25) is 4.98 Å². The van der Waals surface area contributed by atoms with Crippen molar-refractivity contribution in [1.82, 2.24) is 10.3 Å². The van der Waals surface area contributed by atoms with Gasteiger partial charge in [-0.15, -0.1) is 11.3 Å². The van der Waals surface area contributed by atoms with Crippen molar-refractivity contribution in [3.63, 3.8) is 0 Å². The first-order valence-electron chi connectivity index (χ1n) is 7.29. The lowest BCUT2D eigenvalue weighted by Crippen LogP contribution is -2.27. The smallest absolute Gasteiger partial charge is 0.149 e. The maximum absolute atomic E-state index is 11.7. The van der Waals surface area contributed by atoms with Gasteiger partial charge >= 0.3 is 0 Å². The van der Waals surface area contributed by atoms with Crippen LogP contribution in [-0.2, 0) is 16.4 Å². The van der Waals surface area contributed by atoms with Gasteiger partial charge in [-0.1, -0.05) is 30.3 Å². The molecule has 0 aliphatic heterocycles. The van der Waals surface area contributed by atoms with Crippen LogP contribution in [-0.4, -0.2) is 25.4 Å². The molecule has 120 valence electrons. The summed E-state index contributed by atoms with van der Waals surface area (Å²) in [5.74, 6) is 0.0751. The average molecular weight is 346 g/mol. The van der Waals surface area contributed by atoms with E-state index in [0.717, 1.165) is 21.3 Å². The monoisotopic (exact) mass is 346 g/mol. The van der Waals surface area contributed by atoms with Gasteiger partial charge in [0.05, 0.1) is 16.0 Å². The molecule has 6 heteroatoms. The zero-order chi connectivity index (χ0) is 16.3. The molecule has 23 heavy (non-hydrogen) atoms. The van der Waals surface area contributed by atoms with Gasteiger partial charge in [0.2, 0.25) is 0 Å². The van der Waals surface area contributed by atoms with Crippen molar-refractivity contribution in [2.24, 2.45) is 0 Å². The molecule has 0 aliphatic rings. The van der Waals surface area contributed by atoms with Crippen LogP contribution in [0.15, 0.2) is 54.0 Å². The van der Waals surface area contributed by atoms with Crippen molar-refractivity contribution in [3.05, 3.63) is 65.2 Å². The molecule has 3 aromatic rings. The third kappa shape index (κ3) is 4.37. The highest BCUT2D eigenvalue weighted by Gasteiger charge is 2.17. The van der Waals surface area contributed by atoms with Crippen LogP contribution in [0, 0.1) is 0 Å². The predicted molar refractivity (Wildman–Crippen MR) is 95.4 cm³/mol.